The number of hydrogen-bond acceptors (Lipinski definition) is 5. The van der Waals surface area contributed by atoms with E-state index in [4.69, 9.17) is 4.74 Å². The van der Waals surface area contributed by atoms with Gasteiger partial charge in [0.15, 0.2) is 0 Å². The van der Waals surface area contributed by atoms with E-state index in [1.54, 1.807) is 22.2 Å². The fourth-order valence-electron chi connectivity index (χ4n) is 3.51. The van der Waals surface area contributed by atoms with Crippen molar-refractivity contribution in [2.75, 3.05) is 33.3 Å². The molecule has 2 unspecified atom stereocenters. The SMILES string of the molecule is CN1CCN2C(=O)CN(Cc3ccncc3)C(=O)C2C1COC(C)(C)C. The molecule has 26 heavy (non-hydrogen) atoms. The number of ether oxygens (including phenoxy) is 1. The standard InChI is InChI=1S/C19H28N4O3/c1-19(2,3)26-13-15-17-18(25)22(11-14-5-7-20-8-6-14)12-16(24)23(17)10-9-21(15)4/h5-8,15,17H,9-13H2,1-4H3. The van der Waals surface area contributed by atoms with Gasteiger partial charge in [0.25, 0.3) is 0 Å². The molecular weight excluding hydrogens is 332 g/mol. The van der Waals surface area contributed by atoms with Gasteiger partial charge in [0, 0.05) is 32.0 Å². The first-order valence-corrected chi connectivity index (χ1v) is 9.07. The molecule has 1 aromatic rings. The van der Waals surface area contributed by atoms with Gasteiger partial charge in [0.2, 0.25) is 11.8 Å². The highest BCUT2D eigenvalue weighted by Crippen LogP contribution is 2.25. The van der Waals surface area contributed by atoms with Crippen LogP contribution in [0, 0.1) is 0 Å². The zero-order chi connectivity index (χ0) is 18.9. The molecule has 3 heterocycles. The molecule has 2 saturated heterocycles. The summed E-state index contributed by atoms with van der Waals surface area (Å²) in [4.78, 5) is 35.4. The summed E-state index contributed by atoms with van der Waals surface area (Å²) < 4.78 is 5.97. The molecule has 0 radical (unpaired) electrons. The molecule has 3 rings (SSSR count). The summed E-state index contributed by atoms with van der Waals surface area (Å²) in [5.41, 5.74) is 0.683. The summed E-state index contributed by atoms with van der Waals surface area (Å²) in [5.74, 6) is 0.00739. The van der Waals surface area contributed by atoms with Gasteiger partial charge in [-0.15, -0.1) is 0 Å². The minimum Gasteiger partial charge on any atom is -0.374 e. The second kappa shape index (κ2) is 7.32. The van der Waals surface area contributed by atoms with Gasteiger partial charge in [0.05, 0.1) is 18.2 Å². The fourth-order valence-corrected chi connectivity index (χ4v) is 3.51. The Hall–Kier alpha value is -1.99. The average molecular weight is 360 g/mol. The largest absolute Gasteiger partial charge is 0.374 e. The third kappa shape index (κ3) is 4.04. The van der Waals surface area contributed by atoms with Crippen molar-refractivity contribution in [3.8, 4) is 0 Å². The number of piperazine rings is 2. The summed E-state index contributed by atoms with van der Waals surface area (Å²) in [6.07, 6.45) is 3.40. The van der Waals surface area contributed by atoms with Gasteiger partial charge >= 0.3 is 0 Å². The molecule has 2 aliphatic heterocycles. The maximum Gasteiger partial charge on any atom is 0.247 e. The maximum atomic E-state index is 13.2. The Kier molecular flexibility index (Phi) is 5.29. The molecule has 0 aliphatic carbocycles. The lowest BCUT2D eigenvalue weighted by Gasteiger charge is -2.50. The third-order valence-electron chi connectivity index (χ3n) is 4.98. The third-order valence-corrected chi connectivity index (χ3v) is 4.98. The van der Waals surface area contributed by atoms with Gasteiger partial charge in [-0.1, -0.05) is 0 Å². The van der Waals surface area contributed by atoms with Crippen LogP contribution >= 0.6 is 0 Å². The van der Waals surface area contributed by atoms with Crippen LogP contribution in [0.25, 0.3) is 0 Å². The summed E-state index contributed by atoms with van der Waals surface area (Å²) >= 11 is 0. The number of nitrogens with zero attached hydrogens (tertiary/aromatic N) is 4. The Morgan fingerprint density at radius 3 is 2.54 bits per heavy atom. The number of carbonyl (C=O) groups is 2. The van der Waals surface area contributed by atoms with Crippen molar-refractivity contribution in [2.45, 2.75) is 45.0 Å². The number of hydrogen-bond donors (Lipinski definition) is 0. The van der Waals surface area contributed by atoms with Crippen LogP contribution < -0.4 is 0 Å². The second-order valence-electron chi connectivity index (χ2n) is 8.05. The van der Waals surface area contributed by atoms with Gasteiger partial charge in [0.1, 0.15) is 12.6 Å². The predicted molar refractivity (Wildman–Crippen MR) is 97.3 cm³/mol. The number of amides is 2. The van der Waals surface area contributed by atoms with E-state index >= 15 is 0 Å². The molecule has 0 N–H and O–H groups in total. The van der Waals surface area contributed by atoms with Crippen molar-refractivity contribution in [2.24, 2.45) is 0 Å². The minimum atomic E-state index is -0.487. The highest BCUT2D eigenvalue weighted by molar-refractivity contribution is 5.95. The van der Waals surface area contributed by atoms with Crippen molar-refractivity contribution >= 4 is 11.8 Å². The van der Waals surface area contributed by atoms with E-state index in [0.717, 1.165) is 12.1 Å². The number of carbonyl (C=O) groups excluding carboxylic acids is 2. The lowest BCUT2D eigenvalue weighted by atomic mass is 9.97. The van der Waals surface area contributed by atoms with Crippen LogP contribution in [-0.4, -0.2) is 82.5 Å². The molecule has 0 bridgehead atoms. The molecule has 2 fully saturated rings. The Morgan fingerprint density at radius 2 is 1.88 bits per heavy atom. The predicted octanol–water partition coefficient (Wildman–Crippen LogP) is 0.750. The topological polar surface area (TPSA) is 66.0 Å². The van der Waals surface area contributed by atoms with E-state index < -0.39 is 6.04 Å². The molecule has 142 valence electrons. The number of pyridine rings is 1. The molecule has 7 nitrogen and oxygen atoms in total. The van der Waals surface area contributed by atoms with E-state index in [2.05, 4.69) is 9.88 Å². The molecule has 0 saturated carbocycles. The first-order chi connectivity index (χ1) is 12.3. The highest BCUT2D eigenvalue weighted by atomic mass is 16.5. The van der Waals surface area contributed by atoms with Crippen molar-refractivity contribution < 1.29 is 14.3 Å². The zero-order valence-corrected chi connectivity index (χ0v) is 16.0. The lowest BCUT2D eigenvalue weighted by Crippen LogP contribution is -2.70. The first kappa shape index (κ1) is 18.8. The number of rotatable bonds is 4. The average Bonchev–Trinajstić information content (AvgIpc) is 2.58. The Labute approximate surface area is 154 Å². The number of fused-ring (bicyclic) bond motifs is 1. The van der Waals surface area contributed by atoms with Gasteiger partial charge in [-0.3, -0.25) is 19.5 Å². The number of likely N-dealkylation sites (N-methyl/N-ethyl adjacent to an activating group) is 1. The van der Waals surface area contributed by atoms with E-state index in [1.807, 2.05) is 40.0 Å². The second-order valence-corrected chi connectivity index (χ2v) is 8.05. The Bertz CT molecular complexity index is 658. The summed E-state index contributed by atoms with van der Waals surface area (Å²) in [5, 5.41) is 0. The molecular formula is C19H28N4O3. The molecule has 0 aromatic carbocycles. The molecule has 2 aliphatic rings. The number of aromatic nitrogens is 1. The van der Waals surface area contributed by atoms with Crippen LogP contribution in [0.4, 0.5) is 0 Å². The molecule has 2 amide bonds. The first-order valence-electron chi connectivity index (χ1n) is 9.07. The molecule has 2 atom stereocenters. The van der Waals surface area contributed by atoms with Crippen LogP contribution in [0.3, 0.4) is 0 Å². The van der Waals surface area contributed by atoms with Crippen molar-refractivity contribution in [3.63, 3.8) is 0 Å². The van der Waals surface area contributed by atoms with Gasteiger partial charge in [-0.05, 0) is 45.5 Å². The maximum absolute atomic E-state index is 13.2. The normalized spacial score (nSPS) is 24.8. The monoisotopic (exact) mass is 360 g/mol. The smallest absolute Gasteiger partial charge is 0.247 e. The van der Waals surface area contributed by atoms with E-state index in [-0.39, 0.29) is 30.0 Å². The van der Waals surface area contributed by atoms with E-state index in [9.17, 15) is 9.59 Å². The highest BCUT2D eigenvalue weighted by Gasteiger charge is 2.47. The van der Waals surface area contributed by atoms with Crippen LogP contribution in [0.15, 0.2) is 24.5 Å². The molecule has 0 spiro atoms. The van der Waals surface area contributed by atoms with Gasteiger partial charge in [-0.25, -0.2) is 0 Å². The summed E-state index contributed by atoms with van der Waals surface area (Å²) in [7, 11) is 1.99. The summed E-state index contributed by atoms with van der Waals surface area (Å²) in [6, 6.07) is 3.12. The molecule has 7 heteroatoms. The van der Waals surface area contributed by atoms with Crippen molar-refractivity contribution in [1.29, 1.82) is 0 Å². The lowest BCUT2D eigenvalue weighted by molar-refractivity contribution is -0.166. The van der Waals surface area contributed by atoms with Crippen LogP contribution in [0.5, 0.6) is 0 Å². The minimum absolute atomic E-state index is 0.00419. The van der Waals surface area contributed by atoms with E-state index in [1.165, 1.54) is 0 Å². The van der Waals surface area contributed by atoms with Gasteiger partial charge < -0.3 is 14.5 Å². The Morgan fingerprint density at radius 1 is 1.19 bits per heavy atom. The quantitative estimate of drug-likeness (QED) is 0.793. The molecule has 1 aromatic heterocycles. The van der Waals surface area contributed by atoms with Crippen LogP contribution in [0.2, 0.25) is 0 Å². The fraction of sp³-hybridized carbons (Fsp3) is 0.632. The van der Waals surface area contributed by atoms with E-state index in [0.29, 0.717) is 19.7 Å². The zero-order valence-electron chi connectivity index (χ0n) is 16.0. The Balaban J connectivity index is 1.80. The van der Waals surface area contributed by atoms with Gasteiger partial charge in [-0.2, -0.15) is 0 Å². The van der Waals surface area contributed by atoms with Crippen molar-refractivity contribution in [1.82, 2.24) is 19.7 Å². The van der Waals surface area contributed by atoms with Crippen molar-refractivity contribution in [3.05, 3.63) is 30.1 Å². The summed E-state index contributed by atoms with van der Waals surface area (Å²) in [6.45, 7) is 8.30. The van der Waals surface area contributed by atoms with Crippen LogP contribution in [-0.2, 0) is 20.9 Å². The van der Waals surface area contributed by atoms with Crippen LogP contribution in [0.1, 0.15) is 26.3 Å².